The van der Waals surface area contributed by atoms with E-state index < -0.39 is 5.91 Å². The number of carbonyl (C=O) groups is 2. The first-order valence-electron chi connectivity index (χ1n) is 7.61. The van der Waals surface area contributed by atoms with Gasteiger partial charge in [-0.2, -0.15) is 0 Å². The van der Waals surface area contributed by atoms with E-state index in [2.05, 4.69) is 0 Å². The fraction of sp³-hybridized carbons (Fsp3) is 0.222. The number of amides is 2. The summed E-state index contributed by atoms with van der Waals surface area (Å²) in [5, 5.41) is 0. The van der Waals surface area contributed by atoms with E-state index in [9.17, 15) is 14.0 Å². The van der Waals surface area contributed by atoms with Crippen LogP contribution < -0.4 is 15.4 Å². The maximum atomic E-state index is 13.0. The molecular formula is C18H19FN2O3S. The standard InChI is InChI=1S/C18H19FN2O3S/c1-24-16-5-3-2-4-15(16)21(11-10-17(20)22)18(23)12-25-14-8-6-13(19)7-9-14/h2-9H,10-12H2,1H3,(H2,20,22). The quantitative estimate of drug-likeness (QED) is 0.733. The molecule has 0 saturated heterocycles. The van der Waals surface area contributed by atoms with Crippen molar-refractivity contribution < 1.29 is 18.7 Å². The van der Waals surface area contributed by atoms with Crippen molar-refractivity contribution in [1.29, 1.82) is 0 Å². The molecule has 7 heteroatoms. The Morgan fingerprint density at radius 2 is 1.84 bits per heavy atom. The molecule has 2 aromatic rings. The molecule has 0 unspecified atom stereocenters. The van der Waals surface area contributed by atoms with Crippen LogP contribution in [0.25, 0.3) is 0 Å². The zero-order chi connectivity index (χ0) is 18.2. The summed E-state index contributed by atoms with van der Waals surface area (Å²) in [5.41, 5.74) is 5.80. The fourth-order valence-electron chi connectivity index (χ4n) is 2.21. The Morgan fingerprint density at radius 1 is 1.16 bits per heavy atom. The van der Waals surface area contributed by atoms with Gasteiger partial charge in [0.2, 0.25) is 11.8 Å². The van der Waals surface area contributed by atoms with Gasteiger partial charge in [0.25, 0.3) is 0 Å². The summed E-state index contributed by atoms with van der Waals surface area (Å²) in [7, 11) is 1.52. The summed E-state index contributed by atoms with van der Waals surface area (Å²) in [6.45, 7) is 0.165. The number of methoxy groups -OCH3 is 1. The van der Waals surface area contributed by atoms with E-state index in [1.807, 2.05) is 0 Å². The lowest BCUT2D eigenvalue weighted by atomic mass is 10.2. The number of nitrogens with zero attached hydrogens (tertiary/aromatic N) is 1. The van der Waals surface area contributed by atoms with E-state index in [1.54, 1.807) is 36.4 Å². The van der Waals surface area contributed by atoms with Crippen LogP contribution in [0.3, 0.4) is 0 Å². The Balaban J connectivity index is 2.14. The number of benzene rings is 2. The van der Waals surface area contributed by atoms with Gasteiger partial charge in [0, 0.05) is 17.9 Å². The maximum absolute atomic E-state index is 13.0. The van der Waals surface area contributed by atoms with E-state index in [0.717, 1.165) is 4.90 Å². The minimum absolute atomic E-state index is 0.0466. The molecule has 2 rings (SSSR count). The lowest BCUT2D eigenvalue weighted by Gasteiger charge is -2.24. The van der Waals surface area contributed by atoms with Crippen molar-refractivity contribution in [1.82, 2.24) is 0 Å². The monoisotopic (exact) mass is 362 g/mol. The normalized spacial score (nSPS) is 10.3. The zero-order valence-corrected chi connectivity index (χ0v) is 14.6. The highest BCUT2D eigenvalue weighted by Gasteiger charge is 2.20. The third kappa shape index (κ3) is 5.49. The molecule has 2 aromatic carbocycles. The number of nitrogens with two attached hydrogens (primary N) is 1. The molecule has 0 saturated carbocycles. The summed E-state index contributed by atoms with van der Waals surface area (Å²) in [6, 6.07) is 13.0. The van der Waals surface area contributed by atoms with Crippen molar-refractivity contribution in [2.24, 2.45) is 5.73 Å². The van der Waals surface area contributed by atoms with Crippen LogP contribution in [-0.4, -0.2) is 31.2 Å². The summed E-state index contributed by atoms with van der Waals surface area (Å²) >= 11 is 1.29. The molecule has 0 spiro atoms. The molecule has 0 atom stereocenters. The van der Waals surface area contributed by atoms with Gasteiger partial charge in [-0.3, -0.25) is 9.59 Å². The maximum Gasteiger partial charge on any atom is 0.237 e. The molecule has 0 bridgehead atoms. The second-order valence-electron chi connectivity index (χ2n) is 5.18. The summed E-state index contributed by atoms with van der Waals surface area (Å²) < 4.78 is 18.3. The van der Waals surface area contributed by atoms with E-state index >= 15 is 0 Å². The number of halogens is 1. The minimum atomic E-state index is -0.487. The summed E-state index contributed by atoms with van der Waals surface area (Å²) in [5.74, 6) is -0.332. The van der Waals surface area contributed by atoms with Gasteiger partial charge < -0.3 is 15.4 Å². The summed E-state index contributed by atoms with van der Waals surface area (Å²) in [6.07, 6.45) is 0.0466. The molecule has 0 radical (unpaired) electrons. The van der Waals surface area contributed by atoms with Crippen molar-refractivity contribution in [2.75, 3.05) is 24.3 Å². The highest BCUT2D eigenvalue weighted by molar-refractivity contribution is 8.00. The molecule has 5 nitrogen and oxygen atoms in total. The van der Waals surface area contributed by atoms with Gasteiger partial charge in [0.15, 0.2) is 0 Å². The van der Waals surface area contributed by atoms with Gasteiger partial charge >= 0.3 is 0 Å². The number of hydrogen-bond donors (Lipinski definition) is 1. The smallest absolute Gasteiger partial charge is 0.237 e. The molecule has 0 aliphatic carbocycles. The number of thioether (sulfide) groups is 1. The Bertz CT molecular complexity index is 737. The van der Waals surface area contributed by atoms with Crippen molar-refractivity contribution in [3.63, 3.8) is 0 Å². The number of hydrogen-bond acceptors (Lipinski definition) is 4. The van der Waals surface area contributed by atoms with Gasteiger partial charge in [0.05, 0.1) is 18.6 Å². The van der Waals surface area contributed by atoms with Crippen LogP contribution in [0.15, 0.2) is 53.4 Å². The van der Waals surface area contributed by atoms with Crippen molar-refractivity contribution >= 4 is 29.3 Å². The van der Waals surface area contributed by atoms with E-state index in [1.165, 1.54) is 35.9 Å². The third-order valence-electron chi connectivity index (χ3n) is 3.43. The molecule has 2 N–H and O–H groups in total. The number of para-hydroxylation sites is 2. The third-order valence-corrected chi connectivity index (χ3v) is 4.43. The molecule has 132 valence electrons. The second-order valence-corrected chi connectivity index (χ2v) is 6.22. The van der Waals surface area contributed by atoms with Crippen LogP contribution in [0, 0.1) is 5.82 Å². The van der Waals surface area contributed by atoms with Crippen LogP contribution in [0.1, 0.15) is 6.42 Å². The molecule has 0 aliphatic rings. The predicted octanol–water partition coefficient (Wildman–Crippen LogP) is 2.84. The lowest BCUT2D eigenvalue weighted by Crippen LogP contribution is -2.35. The number of carbonyl (C=O) groups excluding carboxylic acids is 2. The van der Waals surface area contributed by atoms with Crippen LogP contribution in [0.2, 0.25) is 0 Å². The predicted molar refractivity (Wildman–Crippen MR) is 96.3 cm³/mol. The first-order chi connectivity index (χ1) is 12.0. The first kappa shape index (κ1) is 18.8. The molecule has 0 aliphatic heterocycles. The van der Waals surface area contributed by atoms with Crippen molar-refractivity contribution in [3.8, 4) is 5.75 Å². The molecule has 25 heavy (non-hydrogen) atoms. The lowest BCUT2D eigenvalue weighted by molar-refractivity contribution is -0.118. The minimum Gasteiger partial charge on any atom is -0.495 e. The Morgan fingerprint density at radius 3 is 2.48 bits per heavy atom. The van der Waals surface area contributed by atoms with E-state index in [4.69, 9.17) is 10.5 Å². The van der Waals surface area contributed by atoms with Crippen LogP contribution >= 0.6 is 11.8 Å². The van der Waals surface area contributed by atoms with Gasteiger partial charge in [-0.25, -0.2) is 4.39 Å². The number of primary amides is 1. The van der Waals surface area contributed by atoms with E-state index in [-0.39, 0.29) is 30.4 Å². The molecule has 0 aromatic heterocycles. The number of rotatable bonds is 8. The number of anilines is 1. The largest absolute Gasteiger partial charge is 0.495 e. The first-order valence-corrected chi connectivity index (χ1v) is 8.60. The van der Waals surface area contributed by atoms with Crippen molar-refractivity contribution in [2.45, 2.75) is 11.3 Å². The van der Waals surface area contributed by atoms with Gasteiger partial charge in [-0.15, -0.1) is 11.8 Å². The SMILES string of the molecule is COc1ccccc1N(CCC(N)=O)C(=O)CSc1ccc(F)cc1. The highest BCUT2D eigenvalue weighted by Crippen LogP contribution is 2.29. The van der Waals surface area contributed by atoms with Gasteiger partial charge in [-0.1, -0.05) is 12.1 Å². The average molecular weight is 362 g/mol. The Hall–Kier alpha value is -2.54. The zero-order valence-electron chi connectivity index (χ0n) is 13.8. The van der Waals surface area contributed by atoms with Gasteiger partial charge in [-0.05, 0) is 36.4 Å². The molecule has 2 amide bonds. The Labute approximate surface area is 150 Å². The number of ether oxygens (including phenoxy) is 1. The van der Waals surface area contributed by atoms with Crippen LogP contribution in [-0.2, 0) is 9.59 Å². The molecule has 0 fully saturated rings. The molecule has 0 heterocycles. The van der Waals surface area contributed by atoms with E-state index in [0.29, 0.717) is 11.4 Å². The average Bonchev–Trinajstić information content (AvgIpc) is 2.61. The van der Waals surface area contributed by atoms with Gasteiger partial charge in [0.1, 0.15) is 11.6 Å². The van der Waals surface area contributed by atoms with Crippen LogP contribution in [0.5, 0.6) is 5.75 Å². The fourth-order valence-corrected chi connectivity index (χ4v) is 2.98. The Kier molecular flexibility index (Phi) is 6.82. The molecular weight excluding hydrogens is 343 g/mol. The van der Waals surface area contributed by atoms with Crippen molar-refractivity contribution in [3.05, 3.63) is 54.3 Å². The topological polar surface area (TPSA) is 72.6 Å². The second kappa shape index (κ2) is 9.08. The highest BCUT2D eigenvalue weighted by atomic mass is 32.2. The summed E-state index contributed by atoms with van der Waals surface area (Å²) in [4.78, 5) is 26.1. The van der Waals surface area contributed by atoms with Crippen LogP contribution in [0.4, 0.5) is 10.1 Å².